The van der Waals surface area contributed by atoms with E-state index in [0.29, 0.717) is 44.2 Å². The van der Waals surface area contributed by atoms with Crippen LogP contribution in [0.4, 0.5) is 4.79 Å². The normalized spacial score (nSPS) is 31.6. The van der Waals surface area contributed by atoms with E-state index < -0.39 is 30.9 Å². The molecule has 3 aliphatic carbocycles. The van der Waals surface area contributed by atoms with Crippen LogP contribution in [0.2, 0.25) is 0 Å². The van der Waals surface area contributed by atoms with E-state index in [2.05, 4.69) is 26.1 Å². The second-order valence-electron chi connectivity index (χ2n) is 12.4. The number of carbonyl (C=O) groups excluding carboxylic acids is 2. The van der Waals surface area contributed by atoms with Crippen molar-refractivity contribution in [3.63, 3.8) is 0 Å². The van der Waals surface area contributed by atoms with Gasteiger partial charge in [0.25, 0.3) is 0 Å². The van der Waals surface area contributed by atoms with Gasteiger partial charge in [0.2, 0.25) is 5.91 Å². The summed E-state index contributed by atoms with van der Waals surface area (Å²) in [6.45, 7) is 7.67. The first-order valence-electron chi connectivity index (χ1n) is 14.1. The molecule has 6 atom stereocenters. The Morgan fingerprint density at radius 3 is 2.90 bits per heavy atom. The lowest BCUT2D eigenvalue weighted by atomic mass is 9.43. The molecular weight excluding hydrogens is 497 g/mol. The summed E-state index contributed by atoms with van der Waals surface area (Å²) in [5.41, 5.74) is 1.55. The van der Waals surface area contributed by atoms with Crippen molar-refractivity contribution in [2.24, 2.45) is 17.3 Å². The number of para-hydroxylation sites is 1. The molecule has 5 fully saturated rings. The van der Waals surface area contributed by atoms with Gasteiger partial charge in [0.15, 0.2) is 0 Å². The number of benzene rings is 1. The van der Waals surface area contributed by atoms with E-state index in [-0.39, 0.29) is 23.8 Å². The van der Waals surface area contributed by atoms with Crippen LogP contribution in [0.25, 0.3) is 11.0 Å². The first-order chi connectivity index (χ1) is 18.7. The number of hydrogen-bond acceptors (Lipinski definition) is 7. The number of amides is 2. The van der Waals surface area contributed by atoms with Gasteiger partial charge in [-0.2, -0.15) is 5.26 Å². The highest BCUT2D eigenvalue weighted by molar-refractivity contribution is 6.48. The molecule has 2 unspecified atom stereocenters. The van der Waals surface area contributed by atoms with Gasteiger partial charge in [0.1, 0.15) is 18.1 Å². The van der Waals surface area contributed by atoms with Gasteiger partial charge in [0, 0.05) is 11.9 Å². The van der Waals surface area contributed by atoms with Gasteiger partial charge in [-0.1, -0.05) is 32.0 Å². The van der Waals surface area contributed by atoms with E-state index in [0.717, 1.165) is 29.4 Å². The van der Waals surface area contributed by atoms with E-state index >= 15 is 0 Å². The summed E-state index contributed by atoms with van der Waals surface area (Å²) in [5.74, 6) is 0.289. The summed E-state index contributed by atoms with van der Waals surface area (Å²) in [7, 11) is -0.628. The Hall–Kier alpha value is -3.03. The lowest BCUT2D eigenvalue weighted by Gasteiger charge is -2.64. The van der Waals surface area contributed by atoms with Crippen LogP contribution in [0.15, 0.2) is 34.9 Å². The molecule has 7 rings (SSSR count). The smallest absolute Gasteiger partial charge is 0.464 e. The highest BCUT2D eigenvalue weighted by atomic mass is 16.7. The van der Waals surface area contributed by atoms with Gasteiger partial charge in [0.05, 0.1) is 36.5 Å². The van der Waals surface area contributed by atoms with Crippen molar-refractivity contribution >= 4 is 30.1 Å². The lowest BCUT2D eigenvalue weighted by Crippen LogP contribution is -2.65. The zero-order valence-electron chi connectivity index (χ0n) is 22.9. The number of alkyl carbamates (subject to hydrolysis) is 1. The van der Waals surface area contributed by atoms with Gasteiger partial charge in [-0.3, -0.25) is 4.79 Å². The molecule has 10 heteroatoms. The van der Waals surface area contributed by atoms with E-state index in [1.807, 2.05) is 30.3 Å². The number of furan rings is 1. The topological polar surface area (TPSA) is 114 Å². The van der Waals surface area contributed by atoms with Crippen LogP contribution in [0.5, 0.6) is 0 Å². The Labute approximate surface area is 229 Å². The number of nitriles is 1. The predicted octanol–water partition coefficient (Wildman–Crippen LogP) is 4.24. The van der Waals surface area contributed by atoms with Gasteiger partial charge >= 0.3 is 13.2 Å². The zero-order valence-corrected chi connectivity index (χ0v) is 22.9. The molecule has 2 amide bonds. The Morgan fingerprint density at radius 2 is 2.10 bits per heavy atom. The van der Waals surface area contributed by atoms with Crippen LogP contribution in [-0.2, 0) is 25.3 Å². The van der Waals surface area contributed by atoms with Crippen molar-refractivity contribution in [3.8, 4) is 6.07 Å². The molecule has 2 saturated heterocycles. The minimum atomic E-state index is -0.628. The van der Waals surface area contributed by atoms with Crippen LogP contribution in [-0.4, -0.2) is 60.9 Å². The summed E-state index contributed by atoms with van der Waals surface area (Å²) in [4.78, 5) is 27.0. The molecule has 2 aromatic rings. The fourth-order valence-corrected chi connectivity index (χ4v) is 7.49. The Bertz CT molecular complexity index is 1310. The maximum atomic E-state index is 13.2. The highest BCUT2D eigenvalue weighted by Crippen LogP contribution is 2.65. The quantitative estimate of drug-likeness (QED) is 0.553. The minimum absolute atomic E-state index is 0.0151. The number of hydrogen-bond donors (Lipinski definition) is 1. The summed E-state index contributed by atoms with van der Waals surface area (Å²) >= 11 is 0. The standard InChI is InChI=1S/C29H36BN3O6/c1-28(2)19-14-23(28)29(3)24(15-19)38-30(39-29)25(13-18-17-36-22-9-5-4-8-21(18)22)32-27(35)37-20-7-6-12-33(16-20)26(34)10-11-31/h4-5,8-9,17,19-20,23-25H,6-7,10,12-16H2,1-3H3,(H,32,35)/t19?,20-,23?,24+,25-,29-/m0/s1. The average molecular weight is 533 g/mol. The predicted molar refractivity (Wildman–Crippen MR) is 143 cm³/mol. The maximum Gasteiger partial charge on any atom is 0.482 e. The number of piperidine rings is 1. The second-order valence-corrected chi connectivity index (χ2v) is 12.4. The third kappa shape index (κ3) is 4.59. The maximum absolute atomic E-state index is 13.2. The average Bonchev–Trinajstić information content (AvgIpc) is 3.49. The Balaban J connectivity index is 1.19. The van der Waals surface area contributed by atoms with E-state index in [1.54, 1.807) is 11.2 Å². The van der Waals surface area contributed by atoms with Crippen molar-refractivity contribution in [1.29, 1.82) is 5.26 Å². The molecule has 39 heavy (non-hydrogen) atoms. The molecule has 0 radical (unpaired) electrons. The summed E-state index contributed by atoms with van der Waals surface area (Å²) in [5, 5.41) is 12.9. The van der Waals surface area contributed by atoms with Gasteiger partial charge in [-0.25, -0.2) is 4.79 Å². The van der Waals surface area contributed by atoms with Gasteiger partial charge in [-0.05, 0) is 67.9 Å². The molecule has 0 spiro atoms. The zero-order chi connectivity index (χ0) is 27.4. The highest BCUT2D eigenvalue weighted by Gasteiger charge is 2.68. The molecule has 5 aliphatic rings. The number of likely N-dealkylation sites (tertiary alicyclic amines) is 1. The molecule has 206 valence electrons. The molecule has 3 heterocycles. The van der Waals surface area contributed by atoms with E-state index in [9.17, 15) is 9.59 Å². The van der Waals surface area contributed by atoms with Crippen molar-refractivity contribution in [3.05, 3.63) is 36.1 Å². The third-order valence-electron chi connectivity index (χ3n) is 9.84. The summed E-state index contributed by atoms with van der Waals surface area (Å²) in [6, 6.07) is 9.73. The molecule has 1 N–H and O–H groups in total. The molecular formula is C29H36BN3O6. The number of fused-ring (bicyclic) bond motifs is 1. The van der Waals surface area contributed by atoms with Gasteiger partial charge in [-0.15, -0.1) is 0 Å². The summed E-state index contributed by atoms with van der Waals surface area (Å²) < 4.78 is 24.8. The first-order valence-corrected chi connectivity index (χ1v) is 14.1. The van der Waals surface area contributed by atoms with Crippen molar-refractivity contribution in [2.75, 3.05) is 13.1 Å². The summed E-state index contributed by atoms with van der Waals surface area (Å²) in [6.07, 6.45) is 4.47. The number of rotatable bonds is 6. The molecule has 9 nitrogen and oxygen atoms in total. The molecule has 3 saturated carbocycles. The largest absolute Gasteiger partial charge is 0.482 e. The van der Waals surface area contributed by atoms with Crippen LogP contribution in [0.1, 0.15) is 58.4 Å². The fourth-order valence-electron chi connectivity index (χ4n) is 7.49. The van der Waals surface area contributed by atoms with Crippen molar-refractivity contribution in [2.45, 2.75) is 83.0 Å². The number of ether oxygens (including phenoxy) is 1. The molecule has 2 aliphatic heterocycles. The van der Waals surface area contributed by atoms with Crippen molar-refractivity contribution < 1.29 is 28.1 Å². The van der Waals surface area contributed by atoms with Gasteiger partial charge < -0.3 is 28.7 Å². The van der Waals surface area contributed by atoms with E-state index in [4.69, 9.17) is 23.7 Å². The minimum Gasteiger partial charge on any atom is -0.464 e. The second kappa shape index (κ2) is 9.86. The van der Waals surface area contributed by atoms with Crippen LogP contribution < -0.4 is 5.32 Å². The molecule has 1 aromatic carbocycles. The molecule has 1 aromatic heterocycles. The van der Waals surface area contributed by atoms with Crippen LogP contribution in [0, 0.1) is 28.6 Å². The first kappa shape index (κ1) is 26.2. The Kier molecular flexibility index (Phi) is 6.63. The monoisotopic (exact) mass is 533 g/mol. The third-order valence-corrected chi connectivity index (χ3v) is 9.84. The number of nitrogens with zero attached hydrogens (tertiary/aromatic N) is 2. The van der Waals surface area contributed by atoms with Crippen molar-refractivity contribution in [1.82, 2.24) is 10.2 Å². The fraction of sp³-hybridized carbons (Fsp3) is 0.621. The number of nitrogens with one attached hydrogen (secondary N) is 1. The lowest BCUT2D eigenvalue weighted by molar-refractivity contribution is -0.199. The SMILES string of the molecule is CC1(C)C2CC1[C@]1(C)OB([C@H](Cc3coc4ccccc34)NC(=O)O[C@H]3CCCN(C(=O)CC#N)C3)O[C@@H]1C2. The van der Waals surface area contributed by atoms with Crippen LogP contribution >= 0.6 is 0 Å². The Morgan fingerprint density at radius 1 is 1.28 bits per heavy atom. The number of carbonyl (C=O) groups is 2. The van der Waals surface area contributed by atoms with E-state index in [1.165, 1.54) is 0 Å². The van der Waals surface area contributed by atoms with Crippen LogP contribution in [0.3, 0.4) is 0 Å². The molecule has 2 bridgehead atoms.